The van der Waals surface area contributed by atoms with Crippen molar-refractivity contribution in [3.05, 3.63) is 83.7 Å². The molecule has 0 amide bonds. The highest BCUT2D eigenvalue weighted by atomic mass is 16.5. The van der Waals surface area contributed by atoms with Crippen molar-refractivity contribution in [1.82, 2.24) is 0 Å². The van der Waals surface area contributed by atoms with Crippen LogP contribution in [0, 0.1) is 17.8 Å². The Morgan fingerprint density at radius 3 is 2.09 bits per heavy atom. The van der Waals surface area contributed by atoms with Gasteiger partial charge in [0.1, 0.15) is 5.60 Å². The summed E-state index contributed by atoms with van der Waals surface area (Å²) < 4.78 is 11.8. The quantitative estimate of drug-likeness (QED) is 0.142. The summed E-state index contributed by atoms with van der Waals surface area (Å²) in [5.41, 5.74) is 3.68. The fraction of sp³-hybridized carbons (Fsp3) is 0.600. The predicted octanol–water partition coefficient (Wildman–Crippen LogP) is 11.6. The van der Waals surface area contributed by atoms with Gasteiger partial charge >= 0.3 is 5.97 Å². The van der Waals surface area contributed by atoms with Gasteiger partial charge in [-0.05, 0) is 68.2 Å². The van der Waals surface area contributed by atoms with Crippen molar-refractivity contribution in [2.75, 3.05) is 6.61 Å². The Morgan fingerprint density at radius 1 is 1.02 bits per heavy atom. The fourth-order valence-electron chi connectivity index (χ4n) is 5.23. The molecule has 3 rings (SSSR count). The van der Waals surface area contributed by atoms with E-state index in [2.05, 4.69) is 26.2 Å². The number of esters is 1. The lowest BCUT2D eigenvalue weighted by molar-refractivity contribution is -0.146. The molecule has 4 heteroatoms. The van der Waals surface area contributed by atoms with Gasteiger partial charge in [-0.3, -0.25) is 9.59 Å². The van der Waals surface area contributed by atoms with Crippen LogP contribution >= 0.6 is 0 Å². The molecule has 4 nitrogen and oxygen atoms in total. The summed E-state index contributed by atoms with van der Waals surface area (Å²) >= 11 is 0. The summed E-state index contributed by atoms with van der Waals surface area (Å²) in [5.74, 6) is 0.592. The molecule has 0 radical (unpaired) electrons. The topological polar surface area (TPSA) is 52.6 Å². The average Bonchev–Trinajstić information content (AvgIpc) is 3.05. The summed E-state index contributed by atoms with van der Waals surface area (Å²) in [5, 5.41) is 0. The van der Waals surface area contributed by atoms with Crippen molar-refractivity contribution < 1.29 is 19.1 Å². The largest absolute Gasteiger partial charge is 0.488 e. The molecule has 0 aliphatic heterocycles. The molecule has 0 fully saturated rings. The van der Waals surface area contributed by atoms with E-state index in [0.29, 0.717) is 12.8 Å². The molecule has 3 unspecified atom stereocenters. The van der Waals surface area contributed by atoms with E-state index in [-0.39, 0.29) is 42.0 Å². The summed E-state index contributed by atoms with van der Waals surface area (Å²) in [6.45, 7) is 34.3. The monoisotopic (exact) mass is 610 g/mol. The van der Waals surface area contributed by atoms with Crippen LogP contribution in [-0.4, -0.2) is 24.0 Å². The number of carbonyl (C=O) groups excluding carboxylic acids is 2. The second kappa shape index (κ2) is 23.5. The number of ether oxygens (including phenoxy) is 2. The Hall–Kier alpha value is -2.88. The summed E-state index contributed by atoms with van der Waals surface area (Å²) in [6, 6.07) is 9.99. The van der Waals surface area contributed by atoms with E-state index >= 15 is 0 Å². The van der Waals surface area contributed by atoms with Crippen LogP contribution in [0.25, 0.3) is 0 Å². The van der Waals surface area contributed by atoms with Crippen molar-refractivity contribution in [2.45, 2.75) is 134 Å². The maximum Gasteiger partial charge on any atom is 0.306 e. The SMILES string of the molecule is C=CC(C)(C)OC(=C)C1CCC2=C(C=C(CC)C(C(COC(=O)CC(C)C)c3ccccc3)C2=O)C1.CC.CC.CC.CC. The first-order chi connectivity index (χ1) is 21.1. The highest BCUT2D eigenvalue weighted by molar-refractivity contribution is 6.02. The van der Waals surface area contributed by atoms with Crippen molar-refractivity contribution in [1.29, 1.82) is 0 Å². The van der Waals surface area contributed by atoms with Gasteiger partial charge in [-0.15, -0.1) is 0 Å². The van der Waals surface area contributed by atoms with Crippen LogP contribution in [0.15, 0.2) is 78.1 Å². The van der Waals surface area contributed by atoms with Gasteiger partial charge in [-0.25, -0.2) is 0 Å². The first-order valence-electron chi connectivity index (χ1n) is 17.2. The molecule has 0 spiro atoms. The molecule has 0 heterocycles. The van der Waals surface area contributed by atoms with E-state index in [1.807, 2.05) is 113 Å². The summed E-state index contributed by atoms with van der Waals surface area (Å²) in [6.07, 6.45) is 7.44. The van der Waals surface area contributed by atoms with E-state index < -0.39 is 5.60 Å². The standard InChI is InChI=1S/C32H42O4.4C2H6/c1-8-23-18-26-19-25(22(5)36-32(6,7)9-2)15-16-27(26)31(34)30(23)28(24-13-11-10-12-14-24)20-35-29(33)17-21(3)4;4*1-2/h9-14,18,21,25,28,30H,2,5,8,15-17,19-20H2,1,3-4,6-7H3;4*1-2H3. The number of carbonyl (C=O) groups is 2. The Kier molecular flexibility index (Phi) is 23.1. The molecule has 0 N–H and O–H groups in total. The van der Waals surface area contributed by atoms with Crippen molar-refractivity contribution in [3.63, 3.8) is 0 Å². The van der Waals surface area contributed by atoms with Crippen molar-refractivity contribution >= 4 is 11.8 Å². The number of allylic oxidation sites excluding steroid dienone is 5. The number of benzene rings is 1. The molecule has 1 aromatic carbocycles. The van der Waals surface area contributed by atoms with Gasteiger partial charge in [0.25, 0.3) is 0 Å². The highest BCUT2D eigenvalue weighted by Gasteiger charge is 2.40. The minimum absolute atomic E-state index is 0.170. The number of ketones is 1. The minimum Gasteiger partial charge on any atom is -0.488 e. The molecular weight excluding hydrogens is 544 g/mol. The zero-order chi connectivity index (χ0) is 34.5. The lowest BCUT2D eigenvalue weighted by atomic mass is 9.68. The van der Waals surface area contributed by atoms with Gasteiger partial charge in [-0.2, -0.15) is 0 Å². The fourth-order valence-corrected chi connectivity index (χ4v) is 5.23. The average molecular weight is 611 g/mol. The molecule has 0 bridgehead atoms. The molecule has 2 aliphatic rings. The Balaban J connectivity index is 0. The van der Waals surface area contributed by atoms with Crippen LogP contribution in [0.2, 0.25) is 0 Å². The maximum absolute atomic E-state index is 14.0. The molecular formula is C40H66O4. The Morgan fingerprint density at radius 2 is 1.59 bits per heavy atom. The van der Waals surface area contributed by atoms with Crippen LogP contribution in [0.3, 0.4) is 0 Å². The molecule has 0 saturated heterocycles. The summed E-state index contributed by atoms with van der Waals surface area (Å²) in [4.78, 5) is 26.4. The molecule has 2 aliphatic carbocycles. The highest BCUT2D eigenvalue weighted by Crippen LogP contribution is 2.45. The molecule has 0 saturated carbocycles. The van der Waals surface area contributed by atoms with Gasteiger partial charge in [0, 0.05) is 18.3 Å². The van der Waals surface area contributed by atoms with Crippen molar-refractivity contribution in [3.8, 4) is 0 Å². The zero-order valence-corrected chi connectivity index (χ0v) is 30.6. The third kappa shape index (κ3) is 13.4. The smallest absolute Gasteiger partial charge is 0.306 e. The maximum atomic E-state index is 14.0. The van der Waals surface area contributed by atoms with E-state index in [0.717, 1.165) is 47.3 Å². The molecule has 1 aromatic rings. The molecule has 3 atom stereocenters. The third-order valence-electron chi connectivity index (χ3n) is 7.31. The van der Waals surface area contributed by atoms with Gasteiger partial charge in [-0.1, -0.05) is 131 Å². The van der Waals surface area contributed by atoms with Gasteiger partial charge in [0.2, 0.25) is 0 Å². The molecule has 44 heavy (non-hydrogen) atoms. The van der Waals surface area contributed by atoms with Gasteiger partial charge in [0.15, 0.2) is 5.78 Å². The van der Waals surface area contributed by atoms with E-state index in [9.17, 15) is 9.59 Å². The Bertz CT molecular complexity index is 1040. The number of hydrogen-bond acceptors (Lipinski definition) is 4. The van der Waals surface area contributed by atoms with Crippen LogP contribution in [-0.2, 0) is 19.1 Å². The van der Waals surface area contributed by atoms with Crippen LogP contribution in [0.4, 0.5) is 0 Å². The van der Waals surface area contributed by atoms with Crippen LogP contribution < -0.4 is 0 Å². The second-order valence-electron chi connectivity index (χ2n) is 11.0. The normalized spacial score (nSPS) is 17.7. The van der Waals surface area contributed by atoms with Gasteiger partial charge in [0.05, 0.1) is 18.3 Å². The van der Waals surface area contributed by atoms with E-state index in [1.165, 1.54) is 0 Å². The van der Waals surface area contributed by atoms with Gasteiger partial charge < -0.3 is 9.47 Å². The zero-order valence-electron chi connectivity index (χ0n) is 30.6. The Labute approximate surface area is 272 Å². The first-order valence-corrected chi connectivity index (χ1v) is 17.2. The number of hydrogen-bond donors (Lipinski definition) is 0. The lowest BCUT2D eigenvalue weighted by Crippen LogP contribution is -2.34. The number of Topliss-reactive ketones (excluding diaryl/α,β-unsaturated/α-hetero) is 1. The lowest BCUT2D eigenvalue weighted by Gasteiger charge is -2.37. The second-order valence-corrected chi connectivity index (χ2v) is 11.0. The third-order valence-corrected chi connectivity index (χ3v) is 7.31. The van der Waals surface area contributed by atoms with E-state index in [4.69, 9.17) is 9.47 Å². The van der Waals surface area contributed by atoms with Crippen molar-refractivity contribution in [2.24, 2.45) is 17.8 Å². The predicted molar refractivity (Wildman–Crippen MR) is 191 cm³/mol. The van der Waals surface area contributed by atoms with E-state index in [1.54, 1.807) is 6.08 Å². The molecule has 250 valence electrons. The van der Waals surface area contributed by atoms with Crippen LogP contribution in [0.1, 0.15) is 134 Å². The summed E-state index contributed by atoms with van der Waals surface area (Å²) in [7, 11) is 0. The minimum atomic E-state index is -0.473. The first kappa shape index (κ1) is 43.2. The number of rotatable bonds is 11. The van der Waals surface area contributed by atoms with Crippen LogP contribution in [0.5, 0.6) is 0 Å². The molecule has 0 aromatic heterocycles.